The van der Waals surface area contributed by atoms with E-state index in [0.29, 0.717) is 12.0 Å². The summed E-state index contributed by atoms with van der Waals surface area (Å²) >= 11 is 0. The summed E-state index contributed by atoms with van der Waals surface area (Å²) < 4.78 is 5.12. The largest absolute Gasteiger partial charge is 0.383 e. The first kappa shape index (κ1) is 17.2. The van der Waals surface area contributed by atoms with Crippen molar-refractivity contribution in [2.75, 3.05) is 46.9 Å². The summed E-state index contributed by atoms with van der Waals surface area (Å²) in [4.78, 5) is 19.1. The number of hydrogen-bond acceptors (Lipinski definition) is 3. The zero-order valence-corrected chi connectivity index (χ0v) is 15.2. The predicted octanol–water partition coefficient (Wildman–Crippen LogP) is 2.37. The zero-order valence-electron chi connectivity index (χ0n) is 15.2. The van der Waals surface area contributed by atoms with Crippen molar-refractivity contribution in [2.45, 2.75) is 25.9 Å². The van der Waals surface area contributed by atoms with Crippen LogP contribution in [0.5, 0.6) is 0 Å². The van der Waals surface area contributed by atoms with Crippen molar-refractivity contribution in [3.05, 3.63) is 35.4 Å². The minimum absolute atomic E-state index is 0.191. The van der Waals surface area contributed by atoms with Crippen molar-refractivity contribution in [1.82, 2.24) is 14.7 Å². The maximum Gasteiger partial charge on any atom is 0.320 e. The van der Waals surface area contributed by atoms with E-state index in [-0.39, 0.29) is 12.1 Å². The number of rotatable bonds is 5. The van der Waals surface area contributed by atoms with E-state index in [2.05, 4.69) is 50.1 Å². The molecule has 1 aromatic rings. The number of likely N-dealkylation sites (tertiary alicyclic amines) is 2. The third-order valence-electron chi connectivity index (χ3n) is 5.39. The average Bonchev–Trinajstić information content (AvgIpc) is 2.48. The number of amides is 2. The Morgan fingerprint density at radius 3 is 2.71 bits per heavy atom. The van der Waals surface area contributed by atoms with Crippen molar-refractivity contribution in [1.29, 1.82) is 0 Å². The number of carbonyl (C=O) groups excluding carboxylic acids is 1. The Balaban J connectivity index is 1.56. The van der Waals surface area contributed by atoms with Crippen LogP contribution in [0.3, 0.4) is 0 Å². The number of likely N-dealkylation sites (N-methyl/N-ethyl adjacent to an activating group) is 1. The van der Waals surface area contributed by atoms with Gasteiger partial charge in [-0.3, -0.25) is 4.90 Å². The zero-order chi connectivity index (χ0) is 17.3. The molecule has 0 bridgehead atoms. The van der Waals surface area contributed by atoms with Gasteiger partial charge < -0.3 is 14.5 Å². The molecule has 5 heteroatoms. The molecule has 0 saturated carbocycles. The molecule has 3 rings (SSSR count). The summed E-state index contributed by atoms with van der Waals surface area (Å²) in [5, 5.41) is 0. The Morgan fingerprint density at radius 2 is 2.08 bits per heavy atom. The summed E-state index contributed by atoms with van der Waals surface area (Å²) in [7, 11) is 3.83. The van der Waals surface area contributed by atoms with Gasteiger partial charge in [0, 0.05) is 39.3 Å². The van der Waals surface area contributed by atoms with Gasteiger partial charge in [-0.1, -0.05) is 36.8 Å². The smallest absolute Gasteiger partial charge is 0.320 e. The van der Waals surface area contributed by atoms with Crippen molar-refractivity contribution in [3.8, 4) is 0 Å². The molecule has 0 aromatic heterocycles. The van der Waals surface area contributed by atoms with E-state index in [0.717, 1.165) is 32.8 Å². The standard InChI is InChI=1S/C19H29N3O2/c1-14-6-5-7-16(10-14)18-15(2)11-22(18)19(23)21-12-17(13-21)20(3)8-9-24-4/h5-7,10,15,17-18H,8-9,11-13H2,1-4H3. The van der Waals surface area contributed by atoms with Gasteiger partial charge in [0.2, 0.25) is 0 Å². The van der Waals surface area contributed by atoms with E-state index in [9.17, 15) is 4.79 Å². The van der Waals surface area contributed by atoms with Crippen LogP contribution >= 0.6 is 0 Å². The Morgan fingerprint density at radius 1 is 1.33 bits per heavy atom. The van der Waals surface area contributed by atoms with Gasteiger partial charge >= 0.3 is 6.03 Å². The van der Waals surface area contributed by atoms with Crippen molar-refractivity contribution in [2.24, 2.45) is 5.92 Å². The normalized spacial score (nSPS) is 24.0. The molecule has 2 fully saturated rings. The van der Waals surface area contributed by atoms with E-state index in [1.54, 1.807) is 7.11 Å². The van der Waals surface area contributed by atoms with Gasteiger partial charge in [-0.15, -0.1) is 0 Å². The lowest BCUT2D eigenvalue weighted by Crippen LogP contribution is -2.65. The van der Waals surface area contributed by atoms with Gasteiger partial charge in [0.05, 0.1) is 12.6 Å². The number of aryl methyl sites for hydroxylation is 1. The number of urea groups is 1. The first-order valence-electron chi connectivity index (χ1n) is 8.82. The van der Waals surface area contributed by atoms with E-state index < -0.39 is 0 Å². The number of carbonyl (C=O) groups is 1. The fourth-order valence-electron chi connectivity index (χ4n) is 3.74. The Kier molecular flexibility index (Phi) is 5.11. The third-order valence-corrected chi connectivity index (χ3v) is 5.39. The highest BCUT2D eigenvalue weighted by atomic mass is 16.5. The van der Waals surface area contributed by atoms with E-state index >= 15 is 0 Å². The second-order valence-electron chi connectivity index (χ2n) is 7.30. The Hall–Kier alpha value is -1.59. The van der Waals surface area contributed by atoms with Crippen LogP contribution in [-0.2, 0) is 4.74 Å². The van der Waals surface area contributed by atoms with Crippen LogP contribution in [0.15, 0.2) is 24.3 Å². The molecule has 5 nitrogen and oxygen atoms in total. The minimum atomic E-state index is 0.191. The maximum atomic E-state index is 12.8. The number of ether oxygens (including phenoxy) is 1. The molecular formula is C19H29N3O2. The fourth-order valence-corrected chi connectivity index (χ4v) is 3.74. The number of benzene rings is 1. The highest BCUT2D eigenvalue weighted by Gasteiger charge is 2.44. The molecule has 2 aliphatic rings. The first-order valence-corrected chi connectivity index (χ1v) is 8.82. The highest BCUT2D eigenvalue weighted by molar-refractivity contribution is 5.77. The van der Waals surface area contributed by atoms with Gasteiger partial charge in [0.1, 0.15) is 0 Å². The van der Waals surface area contributed by atoms with Crippen LogP contribution < -0.4 is 0 Å². The number of nitrogens with zero attached hydrogens (tertiary/aromatic N) is 3. The summed E-state index contributed by atoms with van der Waals surface area (Å²) in [6.45, 7) is 8.49. The Bertz CT molecular complexity index is 586. The molecule has 0 radical (unpaired) electrons. The van der Waals surface area contributed by atoms with Gasteiger partial charge in [0.25, 0.3) is 0 Å². The summed E-state index contributed by atoms with van der Waals surface area (Å²) in [5.41, 5.74) is 2.51. The molecule has 0 spiro atoms. The molecule has 24 heavy (non-hydrogen) atoms. The molecule has 0 N–H and O–H groups in total. The molecule has 1 aromatic carbocycles. The van der Waals surface area contributed by atoms with Gasteiger partial charge in [-0.2, -0.15) is 0 Å². The van der Waals surface area contributed by atoms with Crippen LogP contribution in [0, 0.1) is 12.8 Å². The topological polar surface area (TPSA) is 36.0 Å². The predicted molar refractivity (Wildman–Crippen MR) is 95.1 cm³/mol. The molecule has 2 saturated heterocycles. The monoisotopic (exact) mass is 331 g/mol. The van der Waals surface area contributed by atoms with Crippen LogP contribution in [0.1, 0.15) is 24.1 Å². The average molecular weight is 331 g/mol. The maximum absolute atomic E-state index is 12.8. The van der Waals surface area contributed by atoms with Gasteiger partial charge in [-0.25, -0.2) is 4.79 Å². The molecule has 2 aliphatic heterocycles. The van der Waals surface area contributed by atoms with Crippen LogP contribution in [0.2, 0.25) is 0 Å². The second kappa shape index (κ2) is 7.11. The minimum Gasteiger partial charge on any atom is -0.383 e. The fraction of sp³-hybridized carbons (Fsp3) is 0.632. The lowest BCUT2D eigenvalue weighted by molar-refractivity contribution is 0.00133. The van der Waals surface area contributed by atoms with E-state index in [1.165, 1.54) is 11.1 Å². The molecule has 0 aliphatic carbocycles. The molecule has 132 valence electrons. The van der Waals surface area contributed by atoms with Gasteiger partial charge in [0.15, 0.2) is 0 Å². The van der Waals surface area contributed by atoms with Gasteiger partial charge in [-0.05, 0) is 25.5 Å². The lowest BCUT2D eigenvalue weighted by Gasteiger charge is -2.52. The molecule has 2 unspecified atom stereocenters. The SMILES string of the molecule is COCCN(C)C1CN(C(=O)N2CC(C)C2c2cccc(C)c2)C1. The highest BCUT2D eigenvalue weighted by Crippen LogP contribution is 2.40. The van der Waals surface area contributed by atoms with Crippen molar-refractivity contribution >= 4 is 6.03 Å². The van der Waals surface area contributed by atoms with E-state index in [4.69, 9.17) is 4.74 Å². The third kappa shape index (κ3) is 3.28. The molecular weight excluding hydrogens is 302 g/mol. The summed E-state index contributed by atoms with van der Waals surface area (Å²) in [5.74, 6) is 0.525. The number of hydrogen-bond donors (Lipinski definition) is 0. The summed E-state index contributed by atoms with van der Waals surface area (Å²) in [6, 6.07) is 9.42. The molecule has 2 heterocycles. The summed E-state index contributed by atoms with van der Waals surface area (Å²) in [6.07, 6.45) is 0. The molecule has 2 atom stereocenters. The Labute approximate surface area is 145 Å². The second-order valence-corrected chi connectivity index (χ2v) is 7.30. The van der Waals surface area contributed by atoms with Crippen molar-refractivity contribution in [3.63, 3.8) is 0 Å². The van der Waals surface area contributed by atoms with Crippen molar-refractivity contribution < 1.29 is 9.53 Å². The van der Waals surface area contributed by atoms with Crippen LogP contribution in [0.4, 0.5) is 4.79 Å². The number of methoxy groups -OCH3 is 1. The van der Waals surface area contributed by atoms with Crippen LogP contribution in [0.25, 0.3) is 0 Å². The first-order chi connectivity index (χ1) is 11.5. The van der Waals surface area contributed by atoms with E-state index in [1.807, 2.05) is 9.80 Å². The molecule has 2 amide bonds. The van der Waals surface area contributed by atoms with Crippen LogP contribution in [-0.4, -0.2) is 73.7 Å². The lowest BCUT2D eigenvalue weighted by atomic mass is 9.84. The quantitative estimate of drug-likeness (QED) is 0.831.